The third kappa shape index (κ3) is 13.9. The Morgan fingerprint density at radius 1 is 0.926 bits per heavy atom. The molecule has 3 heteroatoms. The third-order valence-corrected chi connectivity index (χ3v) is 4.48. The second-order valence-corrected chi connectivity index (χ2v) is 6.96. The van der Waals surface area contributed by atoms with Gasteiger partial charge in [-0.2, -0.15) is 0 Å². The van der Waals surface area contributed by atoms with Crippen molar-refractivity contribution in [3.63, 3.8) is 0 Å². The van der Waals surface area contributed by atoms with E-state index in [1.54, 1.807) is 24.5 Å². The molecule has 0 N–H and O–H groups in total. The topological polar surface area (TPSA) is 39.2 Å². The van der Waals surface area contributed by atoms with Crippen molar-refractivity contribution in [2.45, 2.75) is 84.0 Å². The summed E-state index contributed by atoms with van der Waals surface area (Å²) in [5, 5.41) is 0. The SMILES string of the molecule is CCCCC/C=C/C/C=C/CCCCCCCCOC(=O)c1cccnc1. The first-order valence-electron chi connectivity index (χ1n) is 10.7. The van der Waals surface area contributed by atoms with Crippen LogP contribution in [0.3, 0.4) is 0 Å². The highest BCUT2D eigenvalue weighted by Crippen LogP contribution is 2.09. The van der Waals surface area contributed by atoms with E-state index in [0.29, 0.717) is 12.2 Å². The second kappa shape index (κ2) is 17.5. The Bertz CT molecular complexity index is 522. The molecule has 3 nitrogen and oxygen atoms in total. The first kappa shape index (κ1) is 23.1. The minimum atomic E-state index is -0.273. The molecule has 0 radical (unpaired) electrons. The summed E-state index contributed by atoms with van der Waals surface area (Å²) in [6.07, 6.45) is 26.9. The lowest BCUT2D eigenvalue weighted by molar-refractivity contribution is 0.0497. The first-order valence-corrected chi connectivity index (χ1v) is 10.7. The van der Waals surface area contributed by atoms with E-state index >= 15 is 0 Å². The van der Waals surface area contributed by atoms with E-state index in [1.807, 2.05) is 0 Å². The van der Waals surface area contributed by atoms with Crippen LogP contribution in [0.25, 0.3) is 0 Å². The predicted molar refractivity (Wildman–Crippen MR) is 114 cm³/mol. The molecule has 0 aliphatic heterocycles. The summed E-state index contributed by atoms with van der Waals surface area (Å²) in [6.45, 7) is 2.75. The number of hydrogen-bond acceptors (Lipinski definition) is 3. The summed E-state index contributed by atoms with van der Waals surface area (Å²) >= 11 is 0. The van der Waals surface area contributed by atoms with E-state index in [-0.39, 0.29) is 5.97 Å². The van der Waals surface area contributed by atoms with Gasteiger partial charge in [-0.3, -0.25) is 4.98 Å². The molecule has 0 aliphatic carbocycles. The van der Waals surface area contributed by atoms with Crippen LogP contribution >= 0.6 is 0 Å². The molecule has 1 aromatic heterocycles. The van der Waals surface area contributed by atoms with E-state index in [9.17, 15) is 4.79 Å². The van der Waals surface area contributed by atoms with Gasteiger partial charge in [-0.25, -0.2) is 4.79 Å². The van der Waals surface area contributed by atoms with Crippen LogP contribution in [-0.4, -0.2) is 17.6 Å². The molecular weight excluding hydrogens is 334 g/mol. The van der Waals surface area contributed by atoms with Gasteiger partial charge in [0, 0.05) is 12.4 Å². The molecule has 0 amide bonds. The Hall–Kier alpha value is -1.90. The molecule has 1 heterocycles. The Morgan fingerprint density at radius 2 is 1.59 bits per heavy atom. The number of rotatable bonds is 16. The lowest BCUT2D eigenvalue weighted by Crippen LogP contribution is -2.06. The normalized spacial score (nSPS) is 11.4. The van der Waals surface area contributed by atoms with E-state index < -0.39 is 0 Å². The third-order valence-electron chi connectivity index (χ3n) is 4.48. The summed E-state index contributed by atoms with van der Waals surface area (Å²) in [5.74, 6) is -0.273. The maximum atomic E-state index is 11.7. The van der Waals surface area contributed by atoms with Crippen LogP contribution in [0.1, 0.15) is 94.3 Å². The van der Waals surface area contributed by atoms with Crippen LogP contribution in [0.4, 0.5) is 0 Å². The first-order chi connectivity index (χ1) is 13.3. The fraction of sp³-hybridized carbons (Fsp3) is 0.583. The Morgan fingerprint density at radius 3 is 2.26 bits per heavy atom. The Labute approximate surface area is 165 Å². The van der Waals surface area contributed by atoms with Gasteiger partial charge in [0.1, 0.15) is 0 Å². The Kier molecular flexibility index (Phi) is 15.0. The number of carbonyl (C=O) groups excluding carboxylic acids is 1. The molecule has 0 unspecified atom stereocenters. The van der Waals surface area contributed by atoms with Crippen LogP contribution in [-0.2, 0) is 4.74 Å². The van der Waals surface area contributed by atoms with Gasteiger partial charge in [0.25, 0.3) is 0 Å². The van der Waals surface area contributed by atoms with Crippen molar-refractivity contribution in [1.29, 1.82) is 0 Å². The molecule has 0 bridgehead atoms. The fourth-order valence-corrected chi connectivity index (χ4v) is 2.82. The van der Waals surface area contributed by atoms with Gasteiger partial charge < -0.3 is 4.74 Å². The second-order valence-electron chi connectivity index (χ2n) is 6.96. The van der Waals surface area contributed by atoms with Crippen LogP contribution < -0.4 is 0 Å². The molecule has 0 spiro atoms. The van der Waals surface area contributed by atoms with Gasteiger partial charge in [0.15, 0.2) is 0 Å². The maximum Gasteiger partial charge on any atom is 0.339 e. The van der Waals surface area contributed by atoms with Crippen molar-refractivity contribution in [1.82, 2.24) is 4.98 Å². The van der Waals surface area contributed by atoms with E-state index in [2.05, 4.69) is 36.2 Å². The summed E-state index contributed by atoms with van der Waals surface area (Å²) in [5.41, 5.74) is 0.525. The minimum absolute atomic E-state index is 0.273. The summed E-state index contributed by atoms with van der Waals surface area (Å²) in [7, 11) is 0. The summed E-state index contributed by atoms with van der Waals surface area (Å²) in [4.78, 5) is 15.7. The van der Waals surface area contributed by atoms with Crippen molar-refractivity contribution in [2.24, 2.45) is 0 Å². The zero-order valence-corrected chi connectivity index (χ0v) is 17.1. The molecule has 1 rings (SSSR count). The minimum Gasteiger partial charge on any atom is -0.462 e. The Balaban J connectivity index is 1.84. The van der Waals surface area contributed by atoms with E-state index in [4.69, 9.17) is 4.74 Å². The maximum absolute atomic E-state index is 11.7. The highest BCUT2D eigenvalue weighted by Gasteiger charge is 2.05. The van der Waals surface area contributed by atoms with Crippen LogP contribution in [0.5, 0.6) is 0 Å². The monoisotopic (exact) mass is 371 g/mol. The summed E-state index contributed by atoms with van der Waals surface area (Å²) < 4.78 is 5.25. The smallest absolute Gasteiger partial charge is 0.339 e. The predicted octanol–water partition coefficient (Wildman–Crippen LogP) is 7.05. The van der Waals surface area contributed by atoms with Crippen LogP contribution in [0.15, 0.2) is 48.8 Å². The molecule has 0 fully saturated rings. The average molecular weight is 372 g/mol. The number of nitrogens with zero attached hydrogens (tertiary/aromatic N) is 1. The number of pyridine rings is 1. The highest BCUT2D eigenvalue weighted by molar-refractivity contribution is 5.88. The number of hydrogen-bond donors (Lipinski definition) is 0. The van der Waals surface area contributed by atoms with Gasteiger partial charge in [0.05, 0.1) is 12.2 Å². The molecule has 0 atom stereocenters. The lowest BCUT2D eigenvalue weighted by Gasteiger charge is -2.04. The van der Waals surface area contributed by atoms with Gasteiger partial charge in [-0.1, -0.05) is 69.8 Å². The molecule has 150 valence electrons. The van der Waals surface area contributed by atoms with Crippen molar-refractivity contribution >= 4 is 5.97 Å². The van der Waals surface area contributed by atoms with Gasteiger partial charge >= 0.3 is 5.97 Å². The summed E-state index contributed by atoms with van der Waals surface area (Å²) in [6, 6.07) is 3.48. The van der Waals surface area contributed by atoms with Crippen molar-refractivity contribution in [3.05, 3.63) is 54.4 Å². The number of esters is 1. The molecule has 1 aromatic rings. The number of unbranched alkanes of at least 4 members (excludes halogenated alkanes) is 9. The number of allylic oxidation sites excluding steroid dienone is 4. The average Bonchev–Trinajstić information content (AvgIpc) is 2.70. The standard InChI is InChI=1S/C24H37NO2/c1-2-3-4-5-6-7-8-9-10-11-12-13-14-15-16-17-21-27-24(26)23-19-18-20-25-22-23/h6-7,9-10,18-20,22H,2-5,8,11-17,21H2,1H3/b7-6+,10-9+. The van der Waals surface area contributed by atoms with Gasteiger partial charge in [-0.05, 0) is 50.7 Å². The number of ether oxygens (including phenoxy) is 1. The fourth-order valence-electron chi connectivity index (χ4n) is 2.82. The van der Waals surface area contributed by atoms with Crippen molar-refractivity contribution in [2.75, 3.05) is 6.61 Å². The molecule has 0 saturated heterocycles. The lowest BCUT2D eigenvalue weighted by atomic mass is 10.1. The van der Waals surface area contributed by atoms with Crippen molar-refractivity contribution in [3.8, 4) is 0 Å². The molecule has 0 aliphatic rings. The number of carbonyl (C=O) groups is 1. The molecule has 0 saturated carbocycles. The molecule has 27 heavy (non-hydrogen) atoms. The van der Waals surface area contributed by atoms with Crippen molar-refractivity contribution < 1.29 is 9.53 Å². The van der Waals surface area contributed by atoms with E-state index in [1.165, 1.54) is 57.8 Å². The quantitative estimate of drug-likeness (QED) is 0.177. The highest BCUT2D eigenvalue weighted by atomic mass is 16.5. The van der Waals surface area contributed by atoms with Crippen LogP contribution in [0, 0.1) is 0 Å². The van der Waals surface area contributed by atoms with Crippen LogP contribution in [0.2, 0.25) is 0 Å². The molecular formula is C24H37NO2. The zero-order chi connectivity index (χ0) is 19.4. The van der Waals surface area contributed by atoms with Gasteiger partial charge in [-0.15, -0.1) is 0 Å². The number of aromatic nitrogens is 1. The van der Waals surface area contributed by atoms with Gasteiger partial charge in [0.2, 0.25) is 0 Å². The largest absolute Gasteiger partial charge is 0.462 e. The zero-order valence-electron chi connectivity index (χ0n) is 17.1. The molecule has 0 aromatic carbocycles. The van der Waals surface area contributed by atoms with E-state index in [0.717, 1.165) is 19.3 Å².